The minimum atomic E-state index is -0.508. The Labute approximate surface area is 148 Å². The molecule has 1 atom stereocenters. The second kappa shape index (κ2) is 8.87. The van der Waals surface area contributed by atoms with Gasteiger partial charge in [0.05, 0.1) is 18.7 Å². The molecule has 1 N–H and O–H groups in total. The van der Waals surface area contributed by atoms with Crippen molar-refractivity contribution in [1.29, 1.82) is 0 Å². The van der Waals surface area contributed by atoms with Crippen molar-refractivity contribution in [3.05, 3.63) is 65.2 Å². The van der Waals surface area contributed by atoms with E-state index in [0.29, 0.717) is 5.56 Å². The number of nitrogens with one attached hydrogen (secondary N) is 1. The van der Waals surface area contributed by atoms with Crippen LogP contribution in [0.4, 0.5) is 0 Å². The molecule has 132 valence electrons. The van der Waals surface area contributed by atoms with Gasteiger partial charge in [-0.05, 0) is 48.7 Å². The number of benzene rings is 2. The molecule has 0 unspecified atom stereocenters. The first-order valence-corrected chi connectivity index (χ1v) is 8.23. The van der Waals surface area contributed by atoms with Crippen LogP contribution in [0.2, 0.25) is 0 Å². The van der Waals surface area contributed by atoms with Crippen molar-refractivity contribution in [3.63, 3.8) is 0 Å². The molecular formula is C20H23NO4. The number of hydrogen-bond acceptors (Lipinski definition) is 4. The Morgan fingerprint density at radius 3 is 2.48 bits per heavy atom. The number of amides is 1. The third kappa shape index (κ3) is 5.35. The Hall–Kier alpha value is -2.82. The molecule has 0 heterocycles. The molecule has 0 aromatic heterocycles. The summed E-state index contributed by atoms with van der Waals surface area (Å²) in [6.07, 6.45) is 0.903. The van der Waals surface area contributed by atoms with Crippen molar-refractivity contribution in [2.45, 2.75) is 26.3 Å². The van der Waals surface area contributed by atoms with E-state index in [1.165, 1.54) is 0 Å². The van der Waals surface area contributed by atoms with Gasteiger partial charge in [0.2, 0.25) is 0 Å². The summed E-state index contributed by atoms with van der Waals surface area (Å²) in [5.74, 6) is -0.138. The van der Waals surface area contributed by atoms with Gasteiger partial charge in [-0.3, -0.25) is 4.79 Å². The van der Waals surface area contributed by atoms with E-state index in [2.05, 4.69) is 5.32 Å². The number of rotatable bonds is 7. The lowest BCUT2D eigenvalue weighted by molar-refractivity contribution is -0.124. The molecule has 0 bridgehead atoms. The lowest BCUT2D eigenvalue weighted by Crippen LogP contribution is -2.31. The van der Waals surface area contributed by atoms with Crippen LogP contribution in [-0.2, 0) is 16.0 Å². The number of methoxy groups -OCH3 is 1. The van der Waals surface area contributed by atoms with E-state index in [1.807, 2.05) is 50.2 Å². The van der Waals surface area contributed by atoms with Crippen molar-refractivity contribution in [2.24, 2.45) is 0 Å². The molecule has 5 nitrogen and oxygen atoms in total. The first-order chi connectivity index (χ1) is 12.0. The summed E-state index contributed by atoms with van der Waals surface area (Å²) in [5, 5.41) is 2.80. The highest BCUT2D eigenvalue weighted by atomic mass is 16.5. The van der Waals surface area contributed by atoms with Gasteiger partial charge in [-0.15, -0.1) is 0 Å². The second-order valence-electron chi connectivity index (χ2n) is 5.69. The molecule has 0 spiro atoms. The Morgan fingerprint density at radius 1 is 1.12 bits per heavy atom. The highest BCUT2D eigenvalue weighted by molar-refractivity contribution is 5.91. The van der Waals surface area contributed by atoms with Gasteiger partial charge >= 0.3 is 5.97 Å². The minimum Gasteiger partial charge on any atom is -0.497 e. The molecule has 0 saturated carbocycles. The van der Waals surface area contributed by atoms with Crippen LogP contribution >= 0.6 is 0 Å². The molecule has 5 heteroatoms. The summed E-state index contributed by atoms with van der Waals surface area (Å²) in [6, 6.07) is 14.4. The van der Waals surface area contributed by atoms with Crippen LogP contribution in [0.15, 0.2) is 48.5 Å². The monoisotopic (exact) mass is 341 g/mol. The van der Waals surface area contributed by atoms with Gasteiger partial charge in [0.25, 0.3) is 5.91 Å². The molecule has 0 aliphatic heterocycles. The molecule has 25 heavy (non-hydrogen) atoms. The lowest BCUT2D eigenvalue weighted by atomic mass is 10.1. The van der Waals surface area contributed by atoms with Crippen LogP contribution in [0.1, 0.15) is 41.4 Å². The van der Waals surface area contributed by atoms with Gasteiger partial charge in [-0.2, -0.15) is 0 Å². The fourth-order valence-electron chi connectivity index (χ4n) is 2.37. The van der Waals surface area contributed by atoms with Gasteiger partial charge in [-0.25, -0.2) is 4.79 Å². The van der Waals surface area contributed by atoms with Gasteiger partial charge in [0.1, 0.15) is 5.75 Å². The number of esters is 1. The Morgan fingerprint density at radius 2 is 1.84 bits per heavy atom. The zero-order valence-electron chi connectivity index (χ0n) is 14.7. The number of aryl methyl sites for hydroxylation is 1. The highest BCUT2D eigenvalue weighted by Crippen LogP contribution is 2.18. The number of ether oxygens (including phenoxy) is 2. The van der Waals surface area contributed by atoms with Gasteiger partial charge < -0.3 is 14.8 Å². The zero-order valence-corrected chi connectivity index (χ0v) is 14.7. The normalized spacial score (nSPS) is 11.5. The summed E-state index contributed by atoms with van der Waals surface area (Å²) < 4.78 is 10.2. The molecule has 0 fully saturated rings. The van der Waals surface area contributed by atoms with E-state index in [-0.39, 0.29) is 18.6 Å². The molecule has 2 rings (SSSR count). The SMILES string of the molecule is CCc1ccc(C(=O)OCC(=O)N[C@@H](C)c2cccc(OC)c2)cc1. The van der Waals surface area contributed by atoms with Crippen molar-refractivity contribution in [2.75, 3.05) is 13.7 Å². The molecule has 0 aliphatic rings. The van der Waals surface area contributed by atoms with Gasteiger partial charge in [0.15, 0.2) is 6.61 Å². The first kappa shape index (κ1) is 18.5. The van der Waals surface area contributed by atoms with E-state index < -0.39 is 5.97 Å². The Balaban J connectivity index is 1.85. The predicted octanol–water partition coefficient (Wildman–Crippen LogP) is 3.29. The van der Waals surface area contributed by atoms with Crippen LogP contribution in [0.3, 0.4) is 0 Å². The van der Waals surface area contributed by atoms with Crippen molar-refractivity contribution in [1.82, 2.24) is 5.32 Å². The average molecular weight is 341 g/mol. The standard InChI is InChI=1S/C20H23NO4/c1-4-15-8-10-16(11-9-15)20(23)25-13-19(22)21-14(2)17-6-5-7-18(12-17)24-3/h5-12,14H,4,13H2,1-3H3,(H,21,22)/t14-/m0/s1. The highest BCUT2D eigenvalue weighted by Gasteiger charge is 2.13. The number of carbonyl (C=O) groups excluding carboxylic acids is 2. The van der Waals surface area contributed by atoms with Crippen molar-refractivity contribution in [3.8, 4) is 5.75 Å². The molecule has 0 aliphatic carbocycles. The summed E-state index contributed by atoms with van der Waals surface area (Å²) in [5.41, 5.74) is 2.49. The van der Waals surface area contributed by atoms with Crippen molar-refractivity contribution >= 4 is 11.9 Å². The molecule has 2 aromatic carbocycles. The second-order valence-corrected chi connectivity index (χ2v) is 5.69. The largest absolute Gasteiger partial charge is 0.497 e. The Kier molecular flexibility index (Phi) is 6.57. The average Bonchev–Trinajstić information content (AvgIpc) is 2.66. The maximum atomic E-state index is 12.0. The van der Waals surface area contributed by atoms with E-state index in [4.69, 9.17) is 9.47 Å². The van der Waals surface area contributed by atoms with Gasteiger partial charge in [-0.1, -0.05) is 31.2 Å². The van der Waals surface area contributed by atoms with E-state index in [9.17, 15) is 9.59 Å². The summed E-state index contributed by atoms with van der Waals surface area (Å²) in [7, 11) is 1.59. The molecule has 0 radical (unpaired) electrons. The smallest absolute Gasteiger partial charge is 0.338 e. The fourth-order valence-corrected chi connectivity index (χ4v) is 2.37. The molecule has 0 saturated heterocycles. The zero-order chi connectivity index (χ0) is 18.2. The third-order valence-corrected chi connectivity index (χ3v) is 3.90. The summed E-state index contributed by atoms with van der Waals surface area (Å²) >= 11 is 0. The third-order valence-electron chi connectivity index (χ3n) is 3.90. The van der Waals surface area contributed by atoms with Crippen molar-refractivity contribution < 1.29 is 19.1 Å². The van der Waals surface area contributed by atoms with Gasteiger partial charge in [0, 0.05) is 0 Å². The first-order valence-electron chi connectivity index (χ1n) is 8.23. The van der Waals surface area contributed by atoms with E-state index >= 15 is 0 Å². The van der Waals surface area contributed by atoms with Crippen LogP contribution in [0, 0.1) is 0 Å². The van der Waals surface area contributed by atoms with Crippen LogP contribution in [0.25, 0.3) is 0 Å². The van der Waals surface area contributed by atoms with Crippen LogP contribution in [-0.4, -0.2) is 25.6 Å². The molecule has 1 amide bonds. The van der Waals surface area contributed by atoms with Crippen LogP contribution < -0.4 is 10.1 Å². The molecular weight excluding hydrogens is 318 g/mol. The maximum absolute atomic E-state index is 12.0. The van der Waals surface area contributed by atoms with E-state index in [0.717, 1.165) is 23.3 Å². The topological polar surface area (TPSA) is 64.6 Å². The fraction of sp³-hybridized carbons (Fsp3) is 0.300. The van der Waals surface area contributed by atoms with E-state index in [1.54, 1.807) is 19.2 Å². The molecule has 2 aromatic rings. The lowest BCUT2D eigenvalue weighted by Gasteiger charge is -2.15. The number of hydrogen-bond donors (Lipinski definition) is 1. The quantitative estimate of drug-likeness (QED) is 0.785. The Bertz CT molecular complexity index is 725. The predicted molar refractivity (Wildman–Crippen MR) is 95.7 cm³/mol. The minimum absolute atomic E-state index is 0.217. The summed E-state index contributed by atoms with van der Waals surface area (Å²) in [4.78, 5) is 24.0. The number of carbonyl (C=O) groups is 2. The summed E-state index contributed by atoms with van der Waals surface area (Å²) in [6.45, 7) is 3.59. The van der Waals surface area contributed by atoms with Crippen LogP contribution in [0.5, 0.6) is 5.75 Å². The maximum Gasteiger partial charge on any atom is 0.338 e.